The van der Waals surface area contributed by atoms with Gasteiger partial charge in [0.15, 0.2) is 0 Å². The Hall–Kier alpha value is -2.00. The molecule has 2 heterocycles. The first kappa shape index (κ1) is 20.3. The Kier molecular flexibility index (Phi) is 6.44. The number of epoxide rings is 2. The highest BCUT2D eigenvalue weighted by Gasteiger charge is 2.32. The molecule has 2 aromatic rings. The number of rotatable bonds is 12. The summed E-state index contributed by atoms with van der Waals surface area (Å²) in [7, 11) is 0. The SMILES string of the molecule is CC(COCC1CO1)(COCC1CO1)N([O-])Oc1ccc(-c2ccccc2)cc1. The quantitative estimate of drug-likeness (QED) is 0.400. The van der Waals surface area contributed by atoms with Crippen molar-refractivity contribution in [2.75, 3.05) is 39.6 Å². The maximum atomic E-state index is 12.8. The first-order valence-corrected chi connectivity index (χ1v) is 9.82. The Bertz CT molecular complexity index is 743. The van der Waals surface area contributed by atoms with Gasteiger partial charge in [-0.15, -0.1) is 0 Å². The van der Waals surface area contributed by atoms with E-state index >= 15 is 0 Å². The third-order valence-corrected chi connectivity index (χ3v) is 4.83. The van der Waals surface area contributed by atoms with Crippen molar-refractivity contribution in [2.24, 2.45) is 0 Å². The van der Waals surface area contributed by atoms with Crippen molar-refractivity contribution >= 4 is 0 Å². The zero-order chi connectivity index (χ0) is 20.1. The summed E-state index contributed by atoms with van der Waals surface area (Å²) in [6.07, 6.45) is 0.262. The topological polar surface area (TPSA) is 79.0 Å². The van der Waals surface area contributed by atoms with Gasteiger partial charge in [0.25, 0.3) is 0 Å². The normalized spacial score (nSPS) is 22.3. The Labute approximate surface area is 170 Å². The van der Waals surface area contributed by atoms with Crippen molar-refractivity contribution in [1.82, 2.24) is 5.23 Å². The summed E-state index contributed by atoms with van der Waals surface area (Å²) in [6, 6.07) is 17.5. The van der Waals surface area contributed by atoms with Crippen LogP contribution in [0.1, 0.15) is 6.92 Å². The number of hydroxylamine groups is 2. The largest absolute Gasteiger partial charge is 0.752 e. The molecule has 0 N–H and O–H groups in total. The van der Waals surface area contributed by atoms with E-state index in [0.717, 1.165) is 11.1 Å². The van der Waals surface area contributed by atoms with Crippen LogP contribution in [0.5, 0.6) is 5.75 Å². The van der Waals surface area contributed by atoms with E-state index in [1.807, 2.05) is 42.5 Å². The predicted octanol–water partition coefficient (Wildman–Crippen LogP) is 3.04. The molecule has 0 bridgehead atoms. The summed E-state index contributed by atoms with van der Waals surface area (Å²) in [5.74, 6) is 0.460. The van der Waals surface area contributed by atoms with Crippen LogP contribution < -0.4 is 4.84 Å². The fourth-order valence-corrected chi connectivity index (χ4v) is 2.84. The summed E-state index contributed by atoms with van der Waals surface area (Å²) in [5, 5.41) is 13.4. The number of nitrogens with zero attached hydrogens (tertiary/aromatic N) is 1. The van der Waals surface area contributed by atoms with Gasteiger partial charge in [-0.25, -0.2) is 5.23 Å². The van der Waals surface area contributed by atoms with Crippen LogP contribution in [0.3, 0.4) is 0 Å². The van der Waals surface area contributed by atoms with Crippen molar-refractivity contribution in [3.05, 3.63) is 59.8 Å². The standard InChI is InChI=1S/C22H26NO6/c1-22(15-25-11-20-13-27-20,16-26-12-21-14-28-21)23(24)29-19-9-7-18(8-10-19)17-5-3-2-4-6-17/h2-10,20-21H,11-16H2,1H3/q-1. The van der Waals surface area contributed by atoms with Gasteiger partial charge in [0, 0.05) is 0 Å². The smallest absolute Gasteiger partial charge is 0.146 e. The number of hydrogen-bond acceptors (Lipinski definition) is 7. The fourth-order valence-electron chi connectivity index (χ4n) is 2.84. The molecule has 7 nitrogen and oxygen atoms in total. The van der Waals surface area contributed by atoms with Crippen LogP contribution in [0, 0.1) is 5.21 Å². The van der Waals surface area contributed by atoms with Gasteiger partial charge in [-0.3, -0.25) is 0 Å². The molecule has 2 unspecified atom stereocenters. The summed E-state index contributed by atoms with van der Waals surface area (Å²) in [6.45, 7) is 4.44. The van der Waals surface area contributed by atoms with Gasteiger partial charge in [-0.05, 0) is 30.2 Å². The number of hydrogen-bond donors (Lipinski definition) is 0. The molecule has 29 heavy (non-hydrogen) atoms. The second-order valence-electron chi connectivity index (χ2n) is 7.68. The summed E-state index contributed by atoms with van der Waals surface area (Å²) in [5.41, 5.74) is 1.16. The van der Waals surface area contributed by atoms with Crippen molar-refractivity contribution in [3.63, 3.8) is 0 Å². The lowest BCUT2D eigenvalue weighted by molar-refractivity contribution is -0.150. The van der Waals surface area contributed by atoms with E-state index in [1.54, 1.807) is 19.1 Å². The van der Waals surface area contributed by atoms with Gasteiger partial charge in [-0.1, -0.05) is 42.5 Å². The second-order valence-corrected chi connectivity index (χ2v) is 7.68. The van der Waals surface area contributed by atoms with E-state index in [2.05, 4.69) is 0 Å². The van der Waals surface area contributed by atoms with Crippen molar-refractivity contribution in [1.29, 1.82) is 0 Å². The van der Waals surface area contributed by atoms with Crippen LogP contribution in [-0.2, 0) is 18.9 Å². The molecule has 0 aromatic heterocycles. The maximum absolute atomic E-state index is 12.8. The Balaban J connectivity index is 1.36. The molecule has 0 spiro atoms. The highest BCUT2D eigenvalue weighted by Crippen LogP contribution is 2.25. The molecule has 156 valence electrons. The van der Waals surface area contributed by atoms with Crippen LogP contribution in [0.2, 0.25) is 0 Å². The molecule has 7 heteroatoms. The highest BCUT2D eigenvalue weighted by molar-refractivity contribution is 5.63. The first-order valence-electron chi connectivity index (χ1n) is 9.82. The molecule has 2 fully saturated rings. The minimum absolute atomic E-state index is 0.131. The lowest BCUT2D eigenvalue weighted by atomic mass is 10.1. The van der Waals surface area contributed by atoms with E-state index in [1.165, 1.54) is 0 Å². The average molecular weight is 400 g/mol. The fraction of sp³-hybridized carbons (Fsp3) is 0.455. The van der Waals surface area contributed by atoms with Gasteiger partial charge < -0.3 is 29.0 Å². The van der Waals surface area contributed by atoms with Crippen molar-refractivity contribution < 1.29 is 23.8 Å². The van der Waals surface area contributed by atoms with E-state index in [4.69, 9.17) is 23.8 Å². The molecule has 0 amide bonds. The van der Waals surface area contributed by atoms with Gasteiger partial charge in [0.05, 0.1) is 45.2 Å². The molecule has 0 radical (unpaired) electrons. The molecule has 4 rings (SSSR count). The van der Waals surface area contributed by atoms with E-state index in [9.17, 15) is 5.21 Å². The number of benzene rings is 2. The first-order chi connectivity index (χ1) is 14.1. The van der Waals surface area contributed by atoms with Gasteiger partial charge in [0.2, 0.25) is 0 Å². The van der Waals surface area contributed by atoms with E-state index in [0.29, 0.717) is 37.4 Å². The predicted molar refractivity (Wildman–Crippen MR) is 107 cm³/mol. The van der Waals surface area contributed by atoms with Crippen LogP contribution >= 0.6 is 0 Å². The Morgan fingerprint density at radius 3 is 1.93 bits per heavy atom. The molecule has 0 aliphatic carbocycles. The van der Waals surface area contributed by atoms with Gasteiger partial charge in [0.1, 0.15) is 18.0 Å². The van der Waals surface area contributed by atoms with Gasteiger partial charge in [-0.2, -0.15) is 0 Å². The number of ether oxygens (including phenoxy) is 4. The summed E-state index contributed by atoms with van der Waals surface area (Å²) in [4.78, 5) is 5.57. The zero-order valence-electron chi connectivity index (χ0n) is 16.5. The average Bonchev–Trinajstić information content (AvgIpc) is 3.65. The molecular formula is C22H26NO6-. The minimum Gasteiger partial charge on any atom is -0.752 e. The van der Waals surface area contributed by atoms with E-state index < -0.39 is 5.54 Å². The lowest BCUT2D eigenvalue weighted by Crippen LogP contribution is -2.52. The van der Waals surface area contributed by atoms with Crippen LogP contribution in [0.15, 0.2) is 54.6 Å². The van der Waals surface area contributed by atoms with Gasteiger partial charge >= 0.3 is 0 Å². The maximum Gasteiger partial charge on any atom is 0.146 e. The zero-order valence-corrected chi connectivity index (χ0v) is 16.5. The molecule has 2 aliphatic rings. The Morgan fingerprint density at radius 2 is 1.41 bits per heavy atom. The van der Waals surface area contributed by atoms with Crippen LogP contribution in [0.4, 0.5) is 0 Å². The third-order valence-electron chi connectivity index (χ3n) is 4.83. The van der Waals surface area contributed by atoms with Crippen LogP contribution in [-0.4, -0.2) is 62.6 Å². The Morgan fingerprint density at radius 1 is 0.897 bits per heavy atom. The van der Waals surface area contributed by atoms with Crippen molar-refractivity contribution in [2.45, 2.75) is 24.7 Å². The summed E-state index contributed by atoms with van der Waals surface area (Å²) < 4.78 is 21.7. The molecule has 2 aromatic carbocycles. The lowest BCUT2D eigenvalue weighted by Gasteiger charge is -2.43. The second kappa shape index (κ2) is 9.21. The highest BCUT2D eigenvalue weighted by atomic mass is 16.9. The minimum atomic E-state index is -0.998. The molecule has 2 aliphatic heterocycles. The van der Waals surface area contributed by atoms with Crippen molar-refractivity contribution in [3.8, 4) is 16.9 Å². The third kappa shape index (κ3) is 5.99. The van der Waals surface area contributed by atoms with E-state index in [-0.39, 0.29) is 25.4 Å². The molecule has 2 saturated heterocycles. The molecule has 2 atom stereocenters. The molecular weight excluding hydrogens is 374 g/mol. The summed E-state index contributed by atoms with van der Waals surface area (Å²) >= 11 is 0. The molecule has 0 saturated carbocycles. The van der Waals surface area contributed by atoms with Crippen LogP contribution in [0.25, 0.3) is 11.1 Å². The monoisotopic (exact) mass is 400 g/mol.